The Morgan fingerprint density at radius 3 is 2.49 bits per heavy atom. The number of rotatable bonds is 13. The van der Waals surface area contributed by atoms with E-state index in [1.165, 1.54) is 25.3 Å². The molecule has 224 valence electrons. The van der Waals surface area contributed by atoms with E-state index < -0.39 is 32.4 Å². The Balaban J connectivity index is 1.80. The van der Waals surface area contributed by atoms with Crippen molar-refractivity contribution in [3.05, 3.63) is 58.3 Å². The maximum absolute atomic E-state index is 15.4. The number of nitrogens with zero attached hydrogens (tertiary/aromatic N) is 3. The van der Waals surface area contributed by atoms with Crippen molar-refractivity contribution in [1.82, 2.24) is 9.88 Å². The Morgan fingerprint density at radius 1 is 1.17 bits per heavy atom. The summed E-state index contributed by atoms with van der Waals surface area (Å²) in [5.41, 5.74) is 0.217. The van der Waals surface area contributed by atoms with Crippen LogP contribution >= 0.6 is 22.9 Å². The molecule has 0 radical (unpaired) electrons. The number of halogens is 2. The number of nitrogens with one attached hydrogen (secondary N) is 1. The molecular formula is C27H34ClFN4O6S2. The number of hydrogen-bond acceptors (Lipinski definition) is 8. The van der Waals surface area contributed by atoms with E-state index >= 15 is 4.39 Å². The highest BCUT2D eigenvalue weighted by molar-refractivity contribution is 7.93. The molecule has 0 fully saturated rings. The summed E-state index contributed by atoms with van der Waals surface area (Å²) < 4.78 is 54.6. The standard InChI is InChI=1S/C27H34ClFN4O6S2/c1-27(2,3)32(26(34)35)12-7-6-10-30-22-16-21(29)24(15-20(22)28)41(36,37)33(25-31-11-13-40-25)17-18-8-9-19(38-4)14-23(18)39-5/h8-9,11,13-16,30H,6-7,10,12,17H2,1-5H3,(H,34,35). The molecule has 3 aromatic rings. The van der Waals surface area contributed by atoms with Crippen molar-refractivity contribution in [2.45, 2.75) is 50.6 Å². The lowest BCUT2D eigenvalue weighted by molar-refractivity contribution is 0.0993. The first-order chi connectivity index (χ1) is 19.3. The van der Waals surface area contributed by atoms with Crippen molar-refractivity contribution >= 4 is 49.9 Å². The second kappa shape index (κ2) is 13.6. The Morgan fingerprint density at radius 2 is 1.90 bits per heavy atom. The van der Waals surface area contributed by atoms with Gasteiger partial charge in [0.05, 0.1) is 31.5 Å². The summed E-state index contributed by atoms with van der Waals surface area (Å²) in [6.45, 7) is 6.00. The van der Waals surface area contributed by atoms with Gasteiger partial charge in [0.15, 0.2) is 5.13 Å². The average molecular weight is 629 g/mol. The number of carbonyl (C=O) groups is 1. The van der Waals surface area contributed by atoms with E-state index in [2.05, 4.69) is 10.3 Å². The summed E-state index contributed by atoms with van der Waals surface area (Å²) in [6, 6.07) is 7.09. The zero-order valence-corrected chi connectivity index (χ0v) is 25.9. The molecule has 3 rings (SSSR count). The molecular weight excluding hydrogens is 595 g/mol. The summed E-state index contributed by atoms with van der Waals surface area (Å²) in [6.07, 6.45) is 1.62. The molecule has 0 aliphatic rings. The lowest BCUT2D eigenvalue weighted by Crippen LogP contribution is -2.45. The molecule has 0 saturated heterocycles. The van der Waals surface area contributed by atoms with E-state index in [9.17, 15) is 18.3 Å². The van der Waals surface area contributed by atoms with E-state index in [1.54, 1.807) is 23.6 Å². The zero-order valence-electron chi connectivity index (χ0n) is 23.5. The van der Waals surface area contributed by atoms with Gasteiger partial charge in [-0.05, 0) is 57.9 Å². The van der Waals surface area contributed by atoms with Gasteiger partial charge in [0.25, 0.3) is 10.0 Å². The van der Waals surface area contributed by atoms with E-state index in [1.807, 2.05) is 20.8 Å². The van der Waals surface area contributed by atoms with Gasteiger partial charge in [-0.15, -0.1) is 11.3 Å². The van der Waals surface area contributed by atoms with Crippen molar-refractivity contribution in [2.24, 2.45) is 0 Å². The van der Waals surface area contributed by atoms with Gasteiger partial charge in [0.1, 0.15) is 22.2 Å². The first-order valence-electron chi connectivity index (χ1n) is 12.7. The second-order valence-electron chi connectivity index (χ2n) is 10.0. The number of ether oxygens (including phenoxy) is 2. The predicted molar refractivity (Wildman–Crippen MR) is 159 cm³/mol. The highest BCUT2D eigenvalue weighted by Crippen LogP contribution is 2.35. The van der Waals surface area contributed by atoms with Crippen LogP contribution in [0.3, 0.4) is 0 Å². The summed E-state index contributed by atoms with van der Waals surface area (Å²) >= 11 is 7.49. The van der Waals surface area contributed by atoms with Crippen LogP contribution in [-0.4, -0.2) is 62.3 Å². The molecule has 2 aromatic carbocycles. The van der Waals surface area contributed by atoms with Crippen molar-refractivity contribution < 1.29 is 32.2 Å². The summed E-state index contributed by atoms with van der Waals surface area (Å²) in [5, 5.41) is 14.2. The number of amides is 1. The molecule has 0 atom stereocenters. The second-order valence-corrected chi connectivity index (χ2v) is 13.1. The molecule has 0 saturated carbocycles. The maximum Gasteiger partial charge on any atom is 0.407 e. The van der Waals surface area contributed by atoms with Crippen LogP contribution in [0.4, 0.5) is 20.0 Å². The van der Waals surface area contributed by atoms with E-state index in [0.717, 1.165) is 27.8 Å². The molecule has 1 heterocycles. The third-order valence-electron chi connectivity index (χ3n) is 6.20. The normalized spacial score (nSPS) is 11.7. The molecule has 0 unspecified atom stereocenters. The van der Waals surface area contributed by atoms with Crippen LogP contribution in [0.1, 0.15) is 39.2 Å². The topological polar surface area (TPSA) is 121 Å². The summed E-state index contributed by atoms with van der Waals surface area (Å²) in [4.78, 5) is 16.4. The van der Waals surface area contributed by atoms with Gasteiger partial charge < -0.3 is 24.8 Å². The fourth-order valence-corrected chi connectivity index (χ4v) is 6.69. The number of hydrogen-bond donors (Lipinski definition) is 2. The number of methoxy groups -OCH3 is 2. The quantitative estimate of drug-likeness (QED) is 0.211. The smallest absolute Gasteiger partial charge is 0.407 e. The van der Waals surface area contributed by atoms with Gasteiger partial charge in [-0.3, -0.25) is 0 Å². The number of carboxylic acid groups (broad SMARTS) is 1. The van der Waals surface area contributed by atoms with Crippen molar-refractivity contribution in [2.75, 3.05) is 36.9 Å². The number of thiazole rings is 1. The van der Waals surface area contributed by atoms with Crippen LogP contribution in [0.15, 0.2) is 46.8 Å². The third-order valence-corrected chi connectivity index (χ3v) is 9.17. The van der Waals surface area contributed by atoms with Crippen LogP contribution in [0.25, 0.3) is 0 Å². The van der Waals surface area contributed by atoms with Gasteiger partial charge in [0.2, 0.25) is 0 Å². The average Bonchev–Trinajstić information content (AvgIpc) is 3.44. The SMILES string of the molecule is COc1ccc(CN(c2nccs2)S(=O)(=O)c2cc(Cl)c(NCCCCN(C(=O)O)C(C)(C)C)cc2F)c(OC)c1. The minimum absolute atomic E-state index is 0.0212. The van der Waals surface area contributed by atoms with Crippen LogP contribution < -0.4 is 19.1 Å². The minimum atomic E-state index is -4.45. The lowest BCUT2D eigenvalue weighted by atomic mass is 10.1. The Kier molecular flexibility index (Phi) is 10.7. The summed E-state index contributed by atoms with van der Waals surface area (Å²) in [5.74, 6) is -0.0540. The first-order valence-corrected chi connectivity index (χ1v) is 15.4. The largest absolute Gasteiger partial charge is 0.497 e. The van der Waals surface area contributed by atoms with Crippen LogP contribution in [0, 0.1) is 5.82 Å². The minimum Gasteiger partial charge on any atom is -0.497 e. The Labute approximate surface area is 248 Å². The zero-order chi connectivity index (χ0) is 30.4. The highest BCUT2D eigenvalue weighted by Gasteiger charge is 2.32. The van der Waals surface area contributed by atoms with Gasteiger partial charge in [-0.2, -0.15) is 0 Å². The van der Waals surface area contributed by atoms with Gasteiger partial charge >= 0.3 is 6.09 Å². The van der Waals surface area contributed by atoms with E-state index in [4.69, 9.17) is 21.1 Å². The molecule has 0 aliphatic heterocycles. The van der Waals surface area contributed by atoms with Crippen LogP contribution in [0.2, 0.25) is 5.02 Å². The molecule has 0 bridgehead atoms. The number of sulfonamides is 1. The molecule has 41 heavy (non-hydrogen) atoms. The third kappa shape index (κ3) is 7.92. The molecule has 0 aliphatic carbocycles. The van der Waals surface area contributed by atoms with Crippen LogP contribution in [0.5, 0.6) is 11.5 Å². The molecule has 2 N–H and O–H groups in total. The maximum atomic E-state index is 15.4. The van der Waals surface area contributed by atoms with Crippen molar-refractivity contribution in [3.63, 3.8) is 0 Å². The summed E-state index contributed by atoms with van der Waals surface area (Å²) in [7, 11) is -1.49. The van der Waals surface area contributed by atoms with Gasteiger partial charge in [-0.25, -0.2) is 26.9 Å². The molecule has 10 nitrogen and oxygen atoms in total. The van der Waals surface area contributed by atoms with E-state index in [-0.39, 0.29) is 22.4 Å². The Bertz CT molecular complexity index is 1450. The monoisotopic (exact) mass is 628 g/mol. The molecule has 14 heteroatoms. The van der Waals surface area contributed by atoms with E-state index in [0.29, 0.717) is 43.0 Å². The fourth-order valence-electron chi connectivity index (χ4n) is 4.05. The fraction of sp³-hybridized carbons (Fsp3) is 0.407. The number of unbranched alkanes of at least 4 members (excludes halogenated alkanes) is 1. The molecule has 1 amide bonds. The molecule has 1 aromatic heterocycles. The predicted octanol–water partition coefficient (Wildman–Crippen LogP) is 6.32. The number of aromatic nitrogens is 1. The highest BCUT2D eigenvalue weighted by atomic mass is 35.5. The molecule has 0 spiro atoms. The van der Waals surface area contributed by atoms with Crippen LogP contribution in [-0.2, 0) is 16.6 Å². The first kappa shape index (κ1) is 32.2. The number of benzene rings is 2. The van der Waals surface area contributed by atoms with Gasteiger partial charge in [0, 0.05) is 41.8 Å². The number of anilines is 2. The van der Waals surface area contributed by atoms with Crippen molar-refractivity contribution in [1.29, 1.82) is 0 Å². The lowest BCUT2D eigenvalue weighted by Gasteiger charge is -2.33. The Hall–Kier alpha value is -3.29. The van der Waals surface area contributed by atoms with Crippen molar-refractivity contribution in [3.8, 4) is 11.5 Å². The van der Waals surface area contributed by atoms with Gasteiger partial charge in [-0.1, -0.05) is 11.6 Å².